The molecule has 3 nitrogen and oxygen atoms in total. The first-order valence-corrected chi connectivity index (χ1v) is 14.5. The number of aliphatic hydroxyl groups excluding tert-OH is 1. The molecule has 0 aromatic heterocycles. The zero-order valence-corrected chi connectivity index (χ0v) is 22.4. The van der Waals surface area contributed by atoms with Crippen LogP contribution in [0.4, 0.5) is 0 Å². The third-order valence-electron chi connectivity index (χ3n) is 11.5. The normalized spacial score (nSPS) is 44.6. The molecule has 0 spiro atoms. The number of allylic oxidation sites excluding steroid dienone is 1. The van der Waals surface area contributed by atoms with Gasteiger partial charge < -0.3 is 16.6 Å². The summed E-state index contributed by atoms with van der Waals surface area (Å²) in [6.45, 7) is 13.1. The molecule has 3 fully saturated rings. The summed E-state index contributed by atoms with van der Waals surface area (Å²) in [7, 11) is 0. The van der Waals surface area contributed by atoms with Crippen LogP contribution in [-0.2, 0) is 0 Å². The molecule has 2 unspecified atom stereocenters. The minimum absolute atomic E-state index is 0.0997. The topological polar surface area (TPSA) is 72.3 Å². The monoisotopic (exact) mass is 458 g/mol. The van der Waals surface area contributed by atoms with Gasteiger partial charge in [0.25, 0.3) is 0 Å². The lowest BCUT2D eigenvalue weighted by molar-refractivity contribution is -0.0840. The van der Waals surface area contributed by atoms with Gasteiger partial charge in [0.15, 0.2) is 0 Å². The zero-order chi connectivity index (χ0) is 24.0. The van der Waals surface area contributed by atoms with Crippen LogP contribution < -0.4 is 11.5 Å². The molecule has 190 valence electrons. The van der Waals surface area contributed by atoms with E-state index in [1.165, 1.54) is 56.9 Å². The first-order chi connectivity index (χ1) is 15.6. The van der Waals surface area contributed by atoms with Crippen LogP contribution >= 0.6 is 0 Å². The molecule has 4 rings (SSSR count). The highest BCUT2D eigenvalue weighted by molar-refractivity contribution is 5.28. The van der Waals surface area contributed by atoms with Gasteiger partial charge in [0.05, 0.1) is 6.10 Å². The Hall–Kier alpha value is -0.380. The molecule has 0 aliphatic heterocycles. The third kappa shape index (κ3) is 4.49. The lowest BCUT2D eigenvalue weighted by Gasteiger charge is -2.61. The molecule has 0 aromatic rings. The van der Waals surface area contributed by atoms with Crippen molar-refractivity contribution in [1.82, 2.24) is 0 Å². The largest absolute Gasteiger partial charge is 0.393 e. The number of hydrogen-bond acceptors (Lipinski definition) is 3. The van der Waals surface area contributed by atoms with Crippen LogP contribution in [0, 0.1) is 52.3 Å². The van der Waals surface area contributed by atoms with Gasteiger partial charge in [0.2, 0.25) is 0 Å². The Bertz CT molecular complexity index is 703. The van der Waals surface area contributed by atoms with Crippen molar-refractivity contribution in [1.29, 1.82) is 0 Å². The first-order valence-electron chi connectivity index (χ1n) is 14.5. The van der Waals surface area contributed by atoms with Crippen molar-refractivity contribution in [3.63, 3.8) is 0 Å². The number of rotatable bonds is 8. The van der Waals surface area contributed by atoms with Gasteiger partial charge >= 0.3 is 0 Å². The van der Waals surface area contributed by atoms with E-state index in [-0.39, 0.29) is 17.6 Å². The summed E-state index contributed by atoms with van der Waals surface area (Å²) in [6, 6.07) is 0.0997. The predicted molar refractivity (Wildman–Crippen MR) is 140 cm³/mol. The molecule has 0 radical (unpaired) electrons. The second kappa shape index (κ2) is 9.94. The number of aliphatic hydroxyl groups is 1. The summed E-state index contributed by atoms with van der Waals surface area (Å²) in [5.74, 6) is 5.34. The molecule has 4 aliphatic rings. The van der Waals surface area contributed by atoms with Crippen molar-refractivity contribution in [2.24, 2.45) is 63.7 Å². The highest BCUT2D eigenvalue weighted by atomic mass is 16.3. The van der Waals surface area contributed by atoms with E-state index >= 15 is 0 Å². The summed E-state index contributed by atoms with van der Waals surface area (Å²) in [5, 5.41) is 10.7. The van der Waals surface area contributed by atoms with Crippen LogP contribution in [0.25, 0.3) is 0 Å². The van der Waals surface area contributed by atoms with Crippen molar-refractivity contribution in [3.8, 4) is 0 Å². The fourth-order valence-electron chi connectivity index (χ4n) is 9.83. The number of nitrogens with two attached hydrogens (primary N) is 2. The van der Waals surface area contributed by atoms with Gasteiger partial charge in [-0.1, -0.05) is 65.5 Å². The summed E-state index contributed by atoms with van der Waals surface area (Å²) < 4.78 is 0. The Morgan fingerprint density at radius 2 is 1.79 bits per heavy atom. The van der Waals surface area contributed by atoms with Crippen LogP contribution in [0.5, 0.6) is 0 Å². The van der Waals surface area contributed by atoms with Crippen LogP contribution in [0.15, 0.2) is 11.6 Å². The van der Waals surface area contributed by atoms with E-state index in [0.29, 0.717) is 17.9 Å². The zero-order valence-electron chi connectivity index (χ0n) is 22.4. The van der Waals surface area contributed by atoms with Crippen LogP contribution in [-0.4, -0.2) is 23.8 Å². The molecule has 0 amide bonds. The molecule has 0 heterocycles. The number of fused-ring (bicyclic) bond motifs is 5. The molecule has 3 heteroatoms. The van der Waals surface area contributed by atoms with Crippen molar-refractivity contribution in [3.05, 3.63) is 11.6 Å². The minimum Gasteiger partial charge on any atom is -0.393 e. The Morgan fingerprint density at radius 1 is 1.03 bits per heavy atom. The molecule has 0 bridgehead atoms. The number of hydrogen-bond donors (Lipinski definition) is 3. The lowest BCUT2D eigenvalue weighted by atomic mass is 9.44. The fourth-order valence-corrected chi connectivity index (χ4v) is 9.83. The molecular weight excluding hydrogens is 404 g/mol. The molecule has 0 aromatic carbocycles. The molecule has 4 aliphatic carbocycles. The third-order valence-corrected chi connectivity index (χ3v) is 11.5. The predicted octanol–water partition coefficient (Wildman–Crippen LogP) is 6.29. The van der Waals surface area contributed by atoms with Gasteiger partial charge in [-0.2, -0.15) is 0 Å². The maximum Gasteiger partial charge on any atom is 0.0581 e. The van der Waals surface area contributed by atoms with Gasteiger partial charge in [-0.15, -0.1) is 0 Å². The van der Waals surface area contributed by atoms with E-state index < -0.39 is 0 Å². The van der Waals surface area contributed by atoms with E-state index in [1.54, 1.807) is 0 Å². The van der Waals surface area contributed by atoms with Gasteiger partial charge in [0.1, 0.15) is 0 Å². The molecule has 3 saturated carbocycles. The SMILES string of the molecule is CC(C)CCC[C@@H](C)[C@H]1CC[C@H]2[C@@H]3CC=C4C[C@@H](O)CC(C(N)CCN)[C@]4(C)[C@H]3CC[C@]12C. The Morgan fingerprint density at radius 3 is 2.48 bits per heavy atom. The van der Waals surface area contributed by atoms with Crippen molar-refractivity contribution in [2.75, 3.05) is 6.54 Å². The maximum absolute atomic E-state index is 10.7. The smallest absolute Gasteiger partial charge is 0.0581 e. The van der Waals surface area contributed by atoms with E-state index in [9.17, 15) is 5.11 Å². The van der Waals surface area contributed by atoms with Crippen molar-refractivity contribution in [2.45, 2.75) is 117 Å². The van der Waals surface area contributed by atoms with E-state index in [2.05, 4.69) is 40.7 Å². The van der Waals surface area contributed by atoms with Gasteiger partial charge in [0, 0.05) is 6.04 Å². The van der Waals surface area contributed by atoms with Gasteiger partial charge in [-0.3, -0.25) is 0 Å². The summed E-state index contributed by atoms with van der Waals surface area (Å²) in [6.07, 6.45) is 16.0. The van der Waals surface area contributed by atoms with E-state index in [4.69, 9.17) is 11.5 Å². The second-order valence-corrected chi connectivity index (χ2v) is 13.6. The average molecular weight is 459 g/mol. The van der Waals surface area contributed by atoms with Crippen LogP contribution in [0.2, 0.25) is 0 Å². The molecule has 10 atom stereocenters. The maximum atomic E-state index is 10.7. The summed E-state index contributed by atoms with van der Waals surface area (Å²) >= 11 is 0. The van der Waals surface area contributed by atoms with Crippen LogP contribution in [0.3, 0.4) is 0 Å². The minimum atomic E-state index is -0.230. The van der Waals surface area contributed by atoms with Crippen molar-refractivity contribution >= 4 is 0 Å². The lowest BCUT2D eigenvalue weighted by Crippen LogP contribution is -2.57. The first kappa shape index (κ1) is 25.7. The fraction of sp³-hybridized carbons (Fsp3) is 0.933. The molecule has 33 heavy (non-hydrogen) atoms. The highest BCUT2D eigenvalue weighted by Gasteiger charge is 2.61. The average Bonchev–Trinajstić information content (AvgIpc) is 3.11. The van der Waals surface area contributed by atoms with E-state index in [1.807, 2.05) is 0 Å². The Kier molecular flexibility index (Phi) is 7.74. The van der Waals surface area contributed by atoms with Crippen LogP contribution in [0.1, 0.15) is 105 Å². The molecule has 5 N–H and O–H groups in total. The summed E-state index contributed by atoms with van der Waals surface area (Å²) in [4.78, 5) is 0. The Balaban J connectivity index is 1.56. The molecular formula is C30H54N2O. The van der Waals surface area contributed by atoms with Gasteiger partial charge in [-0.25, -0.2) is 0 Å². The van der Waals surface area contributed by atoms with E-state index in [0.717, 1.165) is 54.8 Å². The Labute approximate surface area is 204 Å². The summed E-state index contributed by atoms with van der Waals surface area (Å²) in [5.41, 5.74) is 14.9. The standard InChI is InChI=1S/C30H54N2O/c1-19(2)7-6-8-20(3)24-11-12-25-23-10-9-21-17-22(33)18-27(28(32)14-16-31)30(21,5)26(23)13-15-29(24,25)4/h9,19-20,22-28,33H,6-8,10-18,31-32H2,1-5H3/t20-,22-,23+,24-,25+,26+,27?,28?,29-,30+/m1/s1. The molecule has 0 saturated heterocycles. The quantitative estimate of drug-likeness (QED) is 0.374. The van der Waals surface area contributed by atoms with Gasteiger partial charge in [-0.05, 0) is 110 Å². The second-order valence-electron chi connectivity index (χ2n) is 13.6. The highest BCUT2D eigenvalue weighted by Crippen LogP contribution is 2.68. The van der Waals surface area contributed by atoms with Crippen molar-refractivity contribution < 1.29 is 5.11 Å².